The second-order valence-electron chi connectivity index (χ2n) is 5.20. The maximum Gasteiger partial charge on any atom is 0.143 e. The highest BCUT2D eigenvalue weighted by Gasteiger charge is 2.25. The van der Waals surface area contributed by atoms with Crippen molar-refractivity contribution < 1.29 is 5.11 Å². The third-order valence-electron chi connectivity index (χ3n) is 4.09. The number of aliphatic hydroxyl groups excluding tert-OH is 1. The molecule has 5 heteroatoms. The molecule has 5 nitrogen and oxygen atoms in total. The lowest BCUT2D eigenvalue weighted by atomic mass is 9.93. The second-order valence-corrected chi connectivity index (χ2v) is 5.20. The highest BCUT2D eigenvalue weighted by molar-refractivity contribution is 4.94. The van der Waals surface area contributed by atoms with Gasteiger partial charge in [-0.1, -0.05) is 19.3 Å². The van der Waals surface area contributed by atoms with Gasteiger partial charge in [-0.25, -0.2) is 9.67 Å². The van der Waals surface area contributed by atoms with E-state index in [1.807, 2.05) is 4.68 Å². The zero-order valence-electron chi connectivity index (χ0n) is 11.4. The molecule has 102 valence electrons. The minimum absolute atomic E-state index is 0.107. The summed E-state index contributed by atoms with van der Waals surface area (Å²) in [4.78, 5) is 6.76. The van der Waals surface area contributed by atoms with E-state index in [1.54, 1.807) is 6.33 Å². The van der Waals surface area contributed by atoms with Crippen molar-refractivity contribution in [2.24, 2.45) is 0 Å². The van der Waals surface area contributed by atoms with Crippen LogP contribution in [-0.4, -0.2) is 44.5 Å². The molecule has 1 aliphatic rings. The van der Waals surface area contributed by atoms with Crippen molar-refractivity contribution in [1.29, 1.82) is 0 Å². The quantitative estimate of drug-likeness (QED) is 0.864. The molecular weight excluding hydrogens is 228 g/mol. The van der Waals surface area contributed by atoms with Crippen molar-refractivity contribution in [3.63, 3.8) is 0 Å². The van der Waals surface area contributed by atoms with E-state index in [9.17, 15) is 0 Å². The van der Waals surface area contributed by atoms with E-state index in [2.05, 4.69) is 29.0 Å². The fourth-order valence-corrected chi connectivity index (χ4v) is 2.85. The molecule has 18 heavy (non-hydrogen) atoms. The third kappa shape index (κ3) is 2.90. The first kappa shape index (κ1) is 13.5. The number of rotatable bonds is 5. The van der Waals surface area contributed by atoms with Crippen LogP contribution in [0.1, 0.15) is 50.9 Å². The van der Waals surface area contributed by atoms with Crippen LogP contribution in [0, 0.1) is 0 Å². The summed E-state index contributed by atoms with van der Waals surface area (Å²) in [6, 6.07) is 0.912. The van der Waals surface area contributed by atoms with Gasteiger partial charge in [-0.2, -0.15) is 5.10 Å². The van der Waals surface area contributed by atoms with Crippen molar-refractivity contribution in [1.82, 2.24) is 19.7 Å². The SMILES string of the molecule is C[C@H](c1ncnn1CCO)N(C)C1CCCCC1. The van der Waals surface area contributed by atoms with Crippen molar-refractivity contribution in [3.05, 3.63) is 12.2 Å². The lowest BCUT2D eigenvalue weighted by molar-refractivity contribution is 0.137. The van der Waals surface area contributed by atoms with Gasteiger partial charge in [-0.15, -0.1) is 0 Å². The molecular formula is C13H24N4O. The molecule has 0 amide bonds. The maximum atomic E-state index is 9.03. The van der Waals surface area contributed by atoms with E-state index in [0.717, 1.165) is 5.82 Å². The summed E-state index contributed by atoms with van der Waals surface area (Å²) in [5.41, 5.74) is 0. The van der Waals surface area contributed by atoms with Gasteiger partial charge in [0.2, 0.25) is 0 Å². The van der Waals surface area contributed by atoms with Gasteiger partial charge in [0.05, 0.1) is 19.2 Å². The second kappa shape index (κ2) is 6.29. The van der Waals surface area contributed by atoms with Crippen molar-refractivity contribution in [2.45, 2.75) is 57.7 Å². The van der Waals surface area contributed by atoms with Crippen LogP contribution in [-0.2, 0) is 6.54 Å². The molecule has 1 fully saturated rings. The van der Waals surface area contributed by atoms with Gasteiger partial charge in [0.1, 0.15) is 12.2 Å². The molecule has 0 aliphatic heterocycles. The van der Waals surface area contributed by atoms with Crippen LogP contribution in [0.25, 0.3) is 0 Å². The predicted octanol–water partition coefficient (Wildman–Crippen LogP) is 1.60. The molecule has 0 bridgehead atoms. The Hall–Kier alpha value is -0.940. The van der Waals surface area contributed by atoms with Crippen molar-refractivity contribution in [2.75, 3.05) is 13.7 Å². The Kier molecular flexibility index (Phi) is 4.72. The number of nitrogens with zero attached hydrogens (tertiary/aromatic N) is 4. The molecule has 1 aromatic rings. The van der Waals surface area contributed by atoms with Crippen LogP contribution in [0.15, 0.2) is 6.33 Å². The number of aliphatic hydroxyl groups is 1. The minimum atomic E-state index is 0.107. The van der Waals surface area contributed by atoms with Gasteiger partial charge in [0.25, 0.3) is 0 Å². The largest absolute Gasteiger partial charge is 0.394 e. The molecule has 0 aromatic carbocycles. The first-order chi connectivity index (χ1) is 8.74. The Morgan fingerprint density at radius 3 is 2.83 bits per heavy atom. The Bertz CT molecular complexity index is 360. The molecule has 0 radical (unpaired) electrons. The zero-order chi connectivity index (χ0) is 13.0. The molecule has 1 heterocycles. The number of hydrogen-bond acceptors (Lipinski definition) is 4. The van der Waals surface area contributed by atoms with E-state index in [0.29, 0.717) is 12.6 Å². The highest BCUT2D eigenvalue weighted by Crippen LogP contribution is 2.27. The molecule has 0 unspecified atom stereocenters. The van der Waals surface area contributed by atoms with Crippen LogP contribution in [0.3, 0.4) is 0 Å². The minimum Gasteiger partial charge on any atom is -0.394 e. The molecule has 1 aliphatic carbocycles. The van der Waals surface area contributed by atoms with Crippen LogP contribution >= 0.6 is 0 Å². The average molecular weight is 252 g/mol. The fourth-order valence-electron chi connectivity index (χ4n) is 2.85. The average Bonchev–Trinajstić information content (AvgIpc) is 2.87. The normalized spacial score (nSPS) is 19.3. The van der Waals surface area contributed by atoms with Crippen molar-refractivity contribution in [3.8, 4) is 0 Å². The summed E-state index contributed by atoms with van der Waals surface area (Å²) in [6.45, 7) is 2.81. The van der Waals surface area contributed by atoms with Crippen LogP contribution < -0.4 is 0 Å². The zero-order valence-corrected chi connectivity index (χ0v) is 11.4. The summed E-state index contributed by atoms with van der Waals surface area (Å²) >= 11 is 0. The van der Waals surface area contributed by atoms with Crippen LogP contribution in [0.2, 0.25) is 0 Å². The predicted molar refractivity (Wildman–Crippen MR) is 70.2 cm³/mol. The summed E-state index contributed by atoms with van der Waals surface area (Å²) in [5.74, 6) is 0.956. The molecule has 1 saturated carbocycles. The topological polar surface area (TPSA) is 54.2 Å². The Balaban J connectivity index is 2.04. The Morgan fingerprint density at radius 1 is 1.44 bits per heavy atom. The molecule has 0 saturated heterocycles. The molecule has 2 rings (SSSR count). The van der Waals surface area contributed by atoms with Crippen LogP contribution in [0.4, 0.5) is 0 Å². The summed E-state index contributed by atoms with van der Waals surface area (Å²) < 4.78 is 1.81. The van der Waals surface area contributed by atoms with Gasteiger partial charge in [0.15, 0.2) is 0 Å². The Labute approximate surface area is 109 Å². The van der Waals surface area contributed by atoms with Crippen molar-refractivity contribution >= 4 is 0 Å². The first-order valence-corrected chi connectivity index (χ1v) is 6.94. The summed E-state index contributed by atoms with van der Waals surface area (Å²) in [5, 5.41) is 13.2. The smallest absolute Gasteiger partial charge is 0.143 e. The molecule has 1 atom stereocenters. The monoisotopic (exact) mass is 252 g/mol. The first-order valence-electron chi connectivity index (χ1n) is 6.94. The summed E-state index contributed by atoms with van der Waals surface area (Å²) in [6.07, 6.45) is 8.20. The van der Waals surface area contributed by atoms with Crippen LogP contribution in [0.5, 0.6) is 0 Å². The van der Waals surface area contributed by atoms with E-state index in [-0.39, 0.29) is 12.6 Å². The van der Waals surface area contributed by atoms with E-state index < -0.39 is 0 Å². The van der Waals surface area contributed by atoms with Gasteiger partial charge in [0, 0.05) is 6.04 Å². The third-order valence-corrected chi connectivity index (χ3v) is 4.09. The van der Waals surface area contributed by atoms with Gasteiger partial charge < -0.3 is 5.11 Å². The lowest BCUT2D eigenvalue weighted by Gasteiger charge is -2.35. The number of aromatic nitrogens is 3. The lowest BCUT2D eigenvalue weighted by Crippen LogP contribution is -2.36. The van der Waals surface area contributed by atoms with Gasteiger partial charge >= 0.3 is 0 Å². The fraction of sp³-hybridized carbons (Fsp3) is 0.846. The standard InChI is InChI=1S/C13H24N4O/c1-11(13-14-10-15-17(13)8-9-18)16(2)12-6-4-3-5-7-12/h10-12,18H,3-9H2,1-2H3/t11-/m1/s1. The summed E-state index contributed by atoms with van der Waals surface area (Å²) in [7, 11) is 2.18. The number of hydrogen-bond donors (Lipinski definition) is 1. The molecule has 1 N–H and O–H groups in total. The van der Waals surface area contributed by atoms with E-state index >= 15 is 0 Å². The highest BCUT2D eigenvalue weighted by atomic mass is 16.3. The van der Waals surface area contributed by atoms with E-state index in [1.165, 1.54) is 32.1 Å². The van der Waals surface area contributed by atoms with Gasteiger partial charge in [-0.05, 0) is 26.8 Å². The van der Waals surface area contributed by atoms with Gasteiger partial charge in [-0.3, -0.25) is 4.90 Å². The molecule has 0 spiro atoms. The molecule has 1 aromatic heterocycles. The Morgan fingerprint density at radius 2 is 2.17 bits per heavy atom. The van der Waals surface area contributed by atoms with E-state index in [4.69, 9.17) is 5.11 Å². The maximum absolute atomic E-state index is 9.03.